The van der Waals surface area contributed by atoms with E-state index in [9.17, 15) is 4.79 Å². The molecule has 1 unspecified atom stereocenters. The van der Waals surface area contributed by atoms with E-state index in [-0.39, 0.29) is 18.7 Å². The molecule has 0 saturated carbocycles. The van der Waals surface area contributed by atoms with Crippen LogP contribution in [-0.4, -0.2) is 35.3 Å². The Hall–Kier alpha value is -0.220. The van der Waals surface area contributed by atoms with Crippen molar-refractivity contribution in [3.8, 4) is 0 Å². The number of ether oxygens (including phenoxy) is 1. The average Bonchev–Trinajstić information content (AvgIpc) is 2.13. The van der Waals surface area contributed by atoms with Crippen LogP contribution in [0.2, 0.25) is 0 Å². The summed E-state index contributed by atoms with van der Waals surface area (Å²) in [5.41, 5.74) is 0. The Kier molecular flexibility index (Phi) is 5.23. The fourth-order valence-electron chi connectivity index (χ4n) is 1.28. The second kappa shape index (κ2) is 6.27. The van der Waals surface area contributed by atoms with E-state index in [4.69, 9.17) is 9.84 Å². The average molecular weight is 204 g/mol. The van der Waals surface area contributed by atoms with Crippen LogP contribution in [0.4, 0.5) is 0 Å². The van der Waals surface area contributed by atoms with Gasteiger partial charge in [-0.3, -0.25) is 4.79 Å². The molecule has 1 N–H and O–H groups in total. The molecule has 1 saturated heterocycles. The predicted octanol–water partition coefficient (Wildman–Crippen LogP) is 1.20. The first-order chi connectivity index (χ1) is 6.33. The van der Waals surface area contributed by atoms with Gasteiger partial charge in [0, 0.05) is 18.8 Å². The van der Waals surface area contributed by atoms with Crippen LogP contribution in [0.25, 0.3) is 0 Å². The van der Waals surface area contributed by atoms with Crippen LogP contribution in [0.1, 0.15) is 25.7 Å². The third kappa shape index (κ3) is 4.52. The normalized spacial score (nSPS) is 22.8. The highest BCUT2D eigenvalue weighted by molar-refractivity contribution is 7.99. The Labute approximate surface area is 82.8 Å². The Balaban J connectivity index is 2.03. The molecule has 3 nitrogen and oxygen atoms in total. The van der Waals surface area contributed by atoms with E-state index >= 15 is 0 Å². The van der Waals surface area contributed by atoms with Crippen LogP contribution in [0.5, 0.6) is 0 Å². The van der Waals surface area contributed by atoms with Crippen molar-refractivity contribution in [2.75, 3.05) is 18.1 Å². The molecule has 4 heteroatoms. The molecule has 13 heavy (non-hydrogen) atoms. The maximum Gasteiger partial charge on any atom is 0.306 e. The first-order valence-electron chi connectivity index (χ1n) is 4.71. The summed E-state index contributed by atoms with van der Waals surface area (Å²) >= 11 is 1.75. The number of cyclic esters (lactones) is 1. The standard InChI is InChI=1S/C9H16O3S/c10-5-2-6-13-7-8-3-1-4-9(11)12-8/h8,10H,1-7H2. The number of rotatable bonds is 5. The van der Waals surface area contributed by atoms with Crippen LogP contribution in [0, 0.1) is 0 Å². The maximum absolute atomic E-state index is 10.9. The quantitative estimate of drug-likeness (QED) is 0.540. The van der Waals surface area contributed by atoms with Crippen molar-refractivity contribution in [3.05, 3.63) is 0 Å². The van der Waals surface area contributed by atoms with Gasteiger partial charge in [0.1, 0.15) is 6.10 Å². The molecule has 1 fully saturated rings. The van der Waals surface area contributed by atoms with Crippen LogP contribution < -0.4 is 0 Å². The molecule has 0 bridgehead atoms. The van der Waals surface area contributed by atoms with Crippen LogP contribution in [-0.2, 0) is 9.53 Å². The van der Waals surface area contributed by atoms with E-state index in [0.717, 1.165) is 30.8 Å². The summed E-state index contributed by atoms with van der Waals surface area (Å²) in [5.74, 6) is 1.77. The first-order valence-corrected chi connectivity index (χ1v) is 5.86. The highest BCUT2D eigenvalue weighted by Crippen LogP contribution is 2.18. The zero-order valence-corrected chi connectivity index (χ0v) is 8.52. The molecule has 0 spiro atoms. The van der Waals surface area contributed by atoms with Gasteiger partial charge >= 0.3 is 5.97 Å². The molecular formula is C9H16O3S. The lowest BCUT2D eigenvalue weighted by Gasteiger charge is -2.21. The third-order valence-corrected chi connectivity index (χ3v) is 3.14. The monoisotopic (exact) mass is 204 g/mol. The first kappa shape index (κ1) is 10.9. The number of carbonyl (C=O) groups excluding carboxylic acids is 1. The van der Waals surface area contributed by atoms with Gasteiger partial charge in [-0.05, 0) is 25.0 Å². The number of thioether (sulfide) groups is 1. The zero-order valence-electron chi connectivity index (χ0n) is 7.70. The van der Waals surface area contributed by atoms with Gasteiger partial charge in [0.15, 0.2) is 0 Å². The summed E-state index contributed by atoms with van der Waals surface area (Å²) in [6, 6.07) is 0. The summed E-state index contributed by atoms with van der Waals surface area (Å²) in [7, 11) is 0. The molecule has 0 aliphatic carbocycles. The van der Waals surface area contributed by atoms with Crippen molar-refractivity contribution >= 4 is 17.7 Å². The van der Waals surface area contributed by atoms with E-state index in [0.29, 0.717) is 6.42 Å². The third-order valence-electron chi connectivity index (χ3n) is 1.96. The summed E-state index contributed by atoms with van der Waals surface area (Å²) in [5, 5.41) is 8.55. The van der Waals surface area contributed by atoms with Gasteiger partial charge in [-0.15, -0.1) is 0 Å². The van der Waals surface area contributed by atoms with Gasteiger partial charge in [0.2, 0.25) is 0 Å². The number of esters is 1. The van der Waals surface area contributed by atoms with Crippen LogP contribution >= 0.6 is 11.8 Å². The van der Waals surface area contributed by atoms with E-state index < -0.39 is 0 Å². The minimum atomic E-state index is -0.0565. The fourth-order valence-corrected chi connectivity index (χ4v) is 2.27. The maximum atomic E-state index is 10.9. The van der Waals surface area contributed by atoms with Crippen molar-refractivity contribution < 1.29 is 14.6 Å². The Morgan fingerprint density at radius 3 is 3.15 bits per heavy atom. The predicted molar refractivity (Wildman–Crippen MR) is 52.8 cm³/mol. The van der Waals surface area contributed by atoms with Crippen molar-refractivity contribution in [2.24, 2.45) is 0 Å². The number of aliphatic hydroxyl groups is 1. The van der Waals surface area contributed by atoms with Gasteiger partial charge in [0.25, 0.3) is 0 Å². The van der Waals surface area contributed by atoms with Gasteiger partial charge in [-0.25, -0.2) is 0 Å². The Morgan fingerprint density at radius 2 is 2.46 bits per heavy atom. The molecular weight excluding hydrogens is 188 g/mol. The smallest absolute Gasteiger partial charge is 0.306 e. The highest BCUT2D eigenvalue weighted by Gasteiger charge is 2.19. The van der Waals surface area contributed by atoms with Gasteiger partial charge < -0.3 is 9.84 Å². The number of aliphatic hydroxyl groups excluding tert-OH is 1. The summed E-state index contributed by atoms with van der Waals surface area (Å²) in [4.78, 5) is 10.9. The van der Waals surface area contributed by atoms with Crippen molar-refractivity contribution in [1.82, 2.24) is 0 Å². The number of hydrogen-bond donors (Lipinski definition) is 1. The summed E-state index contributed by atoms with van der Waals surface area (Å²) < 4.78 is 5.14. The molecule has 0 radical (unpaired) electrons. The minimum Gasteiger partial charge on any atom is -0.461 e. The molecule has 1 atom stereocenters. The molecule has 0 aromatic rings. The molecule has 1 aliphatic rings. The second-order valence-electron chi connectivity index (χ2n) is 3.16. The molecule has 0 aromatic heterocycles. The van der Waals surface area contributed by atoms with Crippen LogP contribution in [0.3, 0.4) is 0 Å². The molecule has 1 heterocycles. The lowest BCUT2D eigenvalue weighted by Crippen LogP contribution is -2.25. The van der Waals surface area contributed by atoms with Gasteiger partial charge in [-0.1, -0.05) is 0 Å². The van der Waals surface area contributed by atoms with Crippen LogP contribution in [0.15, 0.2) is 0 Å². The lowest BCUT2D eigenvalue weighted by molar-refractivity contribution is -0.152. The van der Waals surface area contributed by atoms with E-state index in [1.807, 2.05) is 0 Å². The van der Waals surface area contributed by atoms with Crippen molar-refractivity contribution in [2.45, 2.75) is 31.8 Å². The topological polar surface area (TPSA) is 46.5 Å². The van der Waals surface area contributed by atoms with Gasteiger partial charge in [-0.2, -0.15) is 11.8 Å². The molecule has 0 amide bonds. The molecule has 76 valence electrons. The van der Waals surface area contributed by atoms with E-state index in [2.05, 4.69) is 0 Å². The minimum absolute atomic E-state index is 0.0565. The summed E-state index contributed by atoms with van der Waals surface area (Å²) in [6.07, 6.45) is 3.48. The van der Waals surface area contributed by atoms with Crippen molar-refractivity contribution in [3.63, 3.8) is 0 Å². The molecule has 0 aromatic carbocycles. The Bertz CT molecular complexity index is 161. The Morgan fingerprint density at radius 1 is 1.62 bits per heavy atom. The highest BCUT2D eigenvalue weighted by atomic mass is 32.2. The lowest BCUT2D eigenvalue weighted by atomic mass is 10.1. The van der Waals surface area contributed by atoms with Gasteiger partial charge in [0.05, 0.1) is 0 Å². The number of carbonyl (C=O) groups is 1. The molecule has 1 rings (SSSR count). The largest absolute Gasteiger partial charge is 0.461 e. The summed E-state index contributed by atoms with van der Waals surface area (Å²) in [6.45, 7) is 0.247. The molecule has 1 aliphatic heterocycles. The van der Waals surface area contributed by atoms with E-state index in [1.54, 1.807) is 11.8 Å². The van der Waals surface area contributed by atoms with Crippen molar-refractivity contribution in [1.29, 1.82) is 0 Å². The fraction of sp³-hybridized carbons (Fsp3) is 0.889. The number of hydrogen-bond acceptors (Lipinski definition) is 4. The zero-order chi connectivity index (χ0) is 9.52. The second-order valence-corrected chi connectivity index (χ2v) is 4.31. The van der Waals surface area contributed by atoms with E-state index in [1.165, 1.54) is 0 Å². The SMILES string of the molecule is O=C1CCCC(CSCCCO)O1.